The molecule has 1 saturated heterocycles. The van der Waals surface area contributed by atoms with Gasteiger partial charge in [-0.3, -0.25) is 4.79 Å². The minimum atomic E-state index is -0.268. The van der Waals surface area contributed by atoms with E-state index in [1.54, 1.807) is 0 Å². The summed E-state index contributed by atoms with van der Waals surface area (Å²) in [6, 6.07) is 25.1. The molecule has 0 aliphatic carbocycles. The number of carbonyl (C=O) groups excluding carboxylic acids is 1. The summed E-state index contributed by atoms with van der Waals surface area (Å²) >= 11 is 2.02. The van der Waals surface area contributed by atoms with Gasteiger partial charge in [0.1, 0.15) is 5.75 Å². The molecule has 202 valence electrons. The molecule has 3 nitrogen and oxygen atoms in total. The van der Waals surface area contributed by atoms with Crippen LogP contribution in [0.1, 0.15) is 104 Å². The van der Waals surface area contributed by atoms with E-state index in [1.807, 2.05) is 23.9 Å². The molecule has 0 radical (unpaired) electrons. The van der Waals surface area contributed by atoms with Crippen LogP contribution in [0.3, 0.4) is 0 Å². The second kappa shape index (κ2) is 11.7. The molecule has 3 aromatic rings. The normalized spacial score (nSPS) is 20.3. The van der Waals surface area contributed by atoms with E-state index in [9.17, 15) is 9.90 Å². The fourth-order valence-corrected chi connectivity index (χ4v) is 6.86. The van der Waals surface area contributed by atoms with Crippen molar-refractivity contribution in [1.29, 1.82) is 0 Å². The molecule has 0 aromatic heterocycles. The van der Waals surface area contributed by atoms with Crippen LogP contribution in [-0.4, -0.2) is 23.6 Å². The van der Waals surface area contributed by atoms with E-state index in [2.05, 4.69) is 102 Å². The van der Waals surface area contributed by atoms with Gasteiger partial charge in [0.05, 0.1) is 12.7 Å². The molecule has 2 unspecified atom stereocenters. The van der Waals surface area contributed by atoms with Crippen LogP contribution in [0.5, 0.6) is 5.75 Å². The number of benzene rings is 3. The first-order valence-electron chi connectivity index (χ1n) is 13.7. The van der Waals surface area contributed by atoms with E-state index in [-0.39, 0.29) is 22.7 Å². The molecule has 0 spiro atoms. The third-order valence-corrected chi connectivity index (χ3v) is 8.94. The quantitative estimate of drug-likeness (QED) is 0.310. The molecule has 38 heavy (non-hydrogen) atoms. The largest absolute Gasteiger partial charge is 0.507 e. The number of rotatable bonds is 7. The van der Waals surface area contributed by atoms with Crippen LogP contribution in [0, 0.1) is 0 Å². The van der Waals surface area contributed by atoms with Gasteiger partial charge in [-0.1, -0.05) is 102 Å². The Morgan fingerprint density at radius 3 is 1.68 bits per heavy atom. The van der Waals surface area contributed by atoms with Crippen LogP contribution >= 0.6 is 11.8 Å². The lowest BCUT2D eigenvalue weighted by Gasteiger charge is -2.35. The van der Waals surface area contributed by atoms with Gasteiger partial charge in [0, 0.05) is 33.6 Å². The predicted molar refractivity (Wildman–Crippen MR) is 159 cm³/mol. The van der Waals surface area contributed by atoms with Crippen molar-refractivity contribution in [2.45, 2.75) is 88.2 Å². The summed E-state index contributed by atoms with van der Waals surface area (Å²) < 4.78 is 6.41. The summed E-state index contributed by atoms with van der Waals surface area (Å²) in [6.45, 7) is 12.8. The number of thioether (sulfide) groups is 1. The maximum atomic E-state index is 13.4. The molecule has 1 fully saturated rings. The monoisotopic (exact) mass is 530 g/mol. The summed E-state index contributed by atoms with van der Waals surface area (Å²) in [7, 11) is 0. The van der Waals surface area contributed by atoms with Crippen molar-refractivity contribution >= 4 is 17.5 Å². The van der Waals surface area contributed by atoms with Gasteiger partial charge < -0.3 is 9.84 Å². The van der Waals surface area contributed by atoms with Crippen molar-refractivity contribution in [2.24, 2.45) is 0 Å². The first-order valence-corrected chi connectivity index (χ1v) is 14.7. The SMILES string of the molecule is CC(C)(C)c1cc(C(=O)CCOC2CC(c3ccccc3)SC(c3ccccc3)C2)cc(C(C)(C)C)c1O. The van der Waals surface area contributed by atoms with E-state index in [4.69, 9.17) is 4.74 Å². The van der Waals surface area contributed by atoms with Gasteiger partial charge >= 0.3 is 0 Å². The maximum Gasteiger partial charge on any atom is 0.165 e. The van der Waals surface area contributed by atoms with Crippen LogP contribution in [0.15, 0.2) is 72.8 Å². The lowest BCUT2D eigenvalue weighted by atomic mass is 9.78. The van der Waals surface area contributed by atoms with Crippen molar-refractivity contribution in [3.63, 3.8) is 0 Å². The van der Waals surface area contributed by atoms with E-state index >= 15 is 0 Å². The standard InChI is InChI=1S/C34H42O3S/c1-33(2,3)27-19-25(20-28(32(27)36)34(4,5)6)29(35)17-18-37-26-21-30(23-13-9-7-10-14-23)38-31(22-26)24-15-11-8-12-16-24/h7-16,19-20,26,30-31,36H,17-18,21-22H2,1-6H3. The number of carbonyl (C=O) groups is 1. The molecular formula is C34H42O3S. The Morgan fingerprint density at radius 2 is 1.26 bits per heavy atom. The Bertz CT molecular complexity index is 1140. The molecular weight excluding hydrogens is 488 g/mol. The highest BCUT2D eigenvalue weighted by molar-refractivity contribution is 7.99. The second-order valence-electron chi connectivity index (χ2n) is 12.5. The van der Waals surface area contributed by atoms with Crippen LogP contribution in [-0.2, 0) is 15.6 Å². The molecule has 1 N–H and O–H groups in total. The van der Waals surface area contributed by atoms with Gasteiger partial charge in [-0.25, -0.2) is 0 Å². The minimum absolute atomic E-state index is 0.0606. The maximum absolute atomic E-state index is 13.4. The number of ketones is 1. The highest BCUT2D eigenvalue weighted by Crippen LogP contribution is 2.50. The van der Waals surface area contributed by atoms with Crippen LogP contribution in [0.2, 0.25) is 0 Å². The van der Waals surface area contributed by atoms with Crippen LogP contribution in [0.4, 0.5) is 0 Å². The van der Waals surface area contributed by atoms with Gasteiger partial charge in [-0.2, -0.15) is 0 Å². The summed E-state index contributed by atoms with van der Waals surface area (Å²) in [5.74, 6) is 0.363. The van der Waals surface area contributed by atoms with Gasteiger partial charge in [0.25, 0.3) is 0 Å². The van der Waals surface area contributed by atoms with Crippen molar-refractivity contribution < 1.29 is 14.6 Å². The Morgan fingerprint density at radius 1 is 0.816 bits per heavy atom. The molecule has 1 aliphatic rings. The number of ether oxygens (including phenoxy) is 1. The van der Waals surface area contributed by atoms with Gasteiger partial charge in [-0.05, 0) is 46.9 Å². The van der Waals surface area contributed by atoms with Crippen molar-refractivity contribution in [1.82, 2.24) is 0 Å². The number of aromatic hydroxyl groups is 1. The molecule has 1 aliphatic heterocycles. The zero-order valence-electron chi connectivity index (χ0n) is 23.7. The number of hydrogen-bond donors (Lipinski definition) is 1. The summed E-state index contributed by atoms with van der Waals surface area (Å²) in [5.41, 5.74) is 4.41. The van der Waals surface area contributed by atoms with Crippen molar-refractivity contribution in [3.8, 4) is 5.75 Å². The smallest absolute Gasteiger partial charge is 0.165 e. The zero-order valence-corrected chi connectivity index (χ0v) is 24.5. The molecule has 0 amide bonds. The lowest BCUT2D eigenvalue weighted by molar-refractivity contribution is 0.0358. The number of phenols is 1. The van der Waals surface area contributed by atoms with Gasteiger partial charge in [-0.15, -0.1) is 11.8 Å². The molecule has 1 heterocycles. The third kappa shape index (κ3) is 6.90. The fraction of sp³-hybridized carbons (Fsp3) is 0.441. The average molecular weight is 531 g/mol. The predicted octanol–water partition coefficient (Wildman–Crippen LogP) is 8.95. The number of phenolic OH excluding ortho intramolecular Hbond substituents is 1. The fourth-order valence-electron chi connectivity index (χ4n) is 5.19. The minimum Gasteiger partial charge on any atom is -0.507 e. The molecule has 2 atom stereocenters. The first-order chi connectivity index (χ1) is 17.9. The third-order valence-electron chi connectivity index (χ3n) is 7.36. The lowest BCUT2D eigenvalue weighted by Crippen LogP contribution is -2.25. The number of hydrogen-bond acceptors (Lipinski definition) is 4. The molecule has 0 bridgehead atoms. The Hall–Kier alpha value is -2.56. The molecule has 4 heteroatoms. The number of Topliss-reactive ketones (excluding diaryl/α,β-unsaturated/α-hetero) is 1. The molecule has 0 saturated carbocycles. The second-order valence-corrected chi connectivity index (χ2v) is 13.9. The van der Waals surface area contributed by atoms with E-state index in [0.29, 0.717) is 34.8 Å². The van der Waals surface area contributed by atoms with Crippen LogP contribution in [0.25, 0.3) is 0 Å². The first kappa shape index (κ1) is 28.4. The highest BCUT2D eigenvalue weighted by Gasteiger charge is 2.32. The van der Waals surface area contributed by atoms with Crippen molar-refractivity contribution in [2.75, 3.05) is 6.61 Å². The van der Waals surface area contributed by atoms with Gasteiger partial charge in [0.2, 0.25) is 0 Å². The zero-order chi connectivity index (χ0) is 27.5. The topological polar surface area (TPSA) is 46.5 Å². The molecule has 4 rings (SSSR count). The summed E-state index contributed by atoms with van der Waals surface area (Å²) in [5, 5.41) is 11.7. The summed E-state index contributed by atoms with van der Waals surface area (Å²) in [6.07, 6.45) is 2.30. The Kier molecular flexibility index (Phi) is 8.74. The van der Waals surface area contributed by atoms with E-state index < -0.39 is 0 Å². The van der Waals surface area contributed by atoms with Crippen molar-refractivity contribution in [3.05, 3.63) is 101 Å². The van der Waals surface area contributed by atoms with E-state index in [0.717, 1.165) is 24.0 Å². The summed E-state index contributed by atoms with van der Waals surface area (Å²) in [4.78, 5) is 13.4. The Labute approximate surface area is 233 Å². The van der Waals surface area contributed by atoms with E-state index in [1.165, 1.54) is 11.1 Å². The van der Waals surface area contributed by atoms with Gasteiger partial charge in [0.15, 0.2) is 5.78 Å². The molecule has 3 aromatic carbocycles. The van der Waals surface area contributed by atoms with Crippen LogP contribution < -0.4 is 0 Å². The highest BCUT2D eigenvalue weighted by atomic mass is 32.2. The Balaban J connectivity index is 1.48. The average Bonchev–Trinajstić information content (AvgIpc) is 2.88.